The van der Waals surface area contributed by atoms with Gasteiger partial charge in [-0.1, -0.05) is 58.6 Å². The molecular weight excluding hydrogens is 701 g/mol. The normalized spacial score (nSPS) is 14.0. The van der Waals surface area contributed by atoms with E-state index in [2.05, 4.69) is 20.3 Å². The number of nitrogens with zero attached hydrogens (tertiary/aromatic N) is 6. The molecule has 0 amide bonds. The van der Waals surface area contributed by atoms with E-state index in [0.29, 0.717) is 34.2 Å². The van der Waals surface area contributed by atoms with Crippen molar-refractivity contribution in [3.05, 3.63) is 134 Å². The highest BCUT2D eigenvalue weighted by molar-refractivity contribution is 7.89. The van der Waals surface area contributed by atoms with Crippen LogP contribution < -0.4 is 10.1 Å². The van der Waals surface area contributed by atoms with Gasteiger partial charge in [0.05, 0.1) is 29.1 Å². The van der Waals surface area contributed by atoms with E-state index in [1.54, 1.807) is 0 Å². The van der Waals surface area contributed by atoms with Crippen LogP contribution in [-0.4, -0.2) is 66.0 Å². The number of aromatic carboxylic acids is 1. The van der Waals surface area contributed by atoms with Crippen LogP contribution in [-0.2, 0) is 10.0 Å². The average molecular weight is 733 g/mol. The zero-order chi connectivity index (χ0) is 35.3. The van der Waals surface area contributed by atoms with Gasteiger partial charge >= 0.3 is 12.0 Å². The lowest BCUT2D eigenvalue weighted by atomic mass is 9.84. The SMILES string of the molecule is [N-]=[N+]=NCCOc1nc(NC2CCN(S(=O)(=O)c3ccc(C(=O)O)cc3)CC2)c2cc(C(c3ccc(Cl)cc3)c3ccc(Cl)cc3)ccc2n1. The van der Waals surface area contributed by atoms with E-state index in [-0.39, 0.29) is 54.7 Å². The maximum Gasteiger partial charge on any atom is 0.335 e. The summed E-state index contributed by atoms with van der Waals surface area (Å²) in [5.74, 6) is -0.772. The Bertz CT molecular complexity index is 2110. The topological polar surface area (TPSA) is 170 Å². The first kappa shape index (κ1) is 34.9. The summed E-state index contributed by atoms with van der Waals surface area (Å²) in [7, 11) is -3.81. The molecule has 0 unspecified atom stereocenters. The molecule has 1 aromatic heterocycles. The molecule has 1 fully saturated rings. The summed E-state index contributed by atoms with van der Waals surface area (Å²) in [5, 5.41) is 18.2. The van der Waals surface area contributed by atoms with Gasteiger partial charge in [0.25, 0.3) is 0 Å². The van der Waals surface area contributed by atoms with Crippen molar-refractivity contribution in [1.82, 2.24) is 14.3 Å². The van der Waals surface area contributed by atoms with Crippen molar-refractivity contribution in [3.63, 3.8) is 0 Å². The number of benzene rings is 4. The van der Waals surface area contributed by atoms with E-state index in [9.17, 15) is 18.3 Å². The summed E-state index contributed by atoms with van der Waals surface area (Å²) >= 11 is 12.5. The largest absolute Gasteiger partial charge is 0.478 e. The number of anilines is 1. The van der Waals surface area contributed by atoms with Crippen molar-refractivity contribution in [2.45, 2.75) is 29.7 Å². The molecule has 0 spiro atoms. The molecule has 0 aliphatic carbocycles. The molecular formula is C35H31Cl2N7O5S. The molecule has 50 heavy (non-hydrogen) atoms. The predicted molar refractivity (Wildman–Crippen MR) is 192 cm³/mol. The highest BCUT2D eigenvalue weighted by Gasteiger charge is 2.30. The second-order valence-corrected chi connectivity index (χ2v) is 14.4. The van der Waals surface area contributed by atoms with E-state index < -0.39 is 16.0 Å². The molecule has 1 aliphatic rings. The number of carboxylic acid groups (broad SMARTS) is 1. The van der Waals surface area contributed by atoms with E-state index >= 15 is 0 Å². The monoisotopic (exact) mass is 731 g/mol. The Balaban J connectivity index is 1.31. The quantitative estimate of drug-likeness (QED) is 0.0431. The van der Waals surface area contributed by atoms with Crippen LogP contribution in [0.4, 0.5) is 5.82 Å². The summed E-state index contributed by atoms with van der Waals surface area (Å²) in [6.07, 6.45) is 0.978. The number of fused-ring (bicyclic) bond motifs is 1. The fourth-order valence-electron chi connectivity index (χ4n) is 5.94. The van der Waals surface area contributed by atoms with Crippen molar-refractivity contribution < 1.29 is 23.1 Å². The number of sulfonamides is 1. The maximum absolute atomic E-state index is 13.3. The van der Waals surface area contributed by atoms with Gasteiger partial charge in [0.2, 0.25) is 10.0 Å². The average Bonchev–Trinajstić information content (AvgIpc) is 3.12. The minimum atomic E-state index is -3.81. The molecule has 256 valence electrons. The Kier molecular flexibility index (Phi) is 10.7. The maximum atomic E-state index is 13.3. The van der Waals surface area contributed by atoms with Crippen molar-refractivity contribution >= 4 is 55.9 Å². The summed E-state index contributed by atoms with van der Waals surface area (Å²) in [6.45, 7) is 0.695. The molecule has 4 aromatic carbocycles. The number of carboxylic acids is 1. The van der Waals surface area contributed by atoms with Crippen LogP contribution in [0.1, 0.15) is 45.8 Å². The molecule has 0 bridgehead atoms. The third-order valence-corrected chi connectivity index (χ3v) is 10.9. The number of aromatic nitrogens is 2. The lowest BCUT2D eigenvalue weighted by Crippen LogP contribution is -2.42. The first-order valence-electron chi connectivity index (χ1n) is 15.7. The zero-order valence-corrected chi connectivity index (χ0v) is 28.8. The molecule has 0 atom stereocenters. The third-order valence-electron chi connectivity index (χ3n) is 8.46. The number of halogens is 2. The molecule has 2 N–H and O–H groups in total. The van der Waals surface area contributed by atoms with Crippen LogP contribution in [0.15, 0.2) is 101 Å². The van der Waals surface area contributed by atoms with E-state index in [4.69, 9.17) is 38.5 Å². The molecule has 15 heteroatoms. The summed E-state index contributed by atoms with van der Waals surface area (Å²) < 4.78 is 33.8. The summed E-state index contributed by atoms with van der Waals surface area (Å²) in [6, 6.07) is 26.5. The van der Waals surface area contributed by atoms with Crippen LogP contribution in [0.25, 0.3) is 21.3 Å². The second kappa shape index (κ2) is 15.3. The number of ether oxygens (including phenoxy) is 1. The van der Waals surface area contributed by atoms with Gasteiger partial charge in [-0.25, -0.2) is 13.2 Å². The smallest absolute Gasteiger partial charge is 0.335 e. The Morgan fingerprint density at radius 3 is 2.12 bits per heavy atom. The number of nitrogens with one attached hydrogen (secondary N) is 1. The van der Waals surface area contributed by atoms with E-state index in [1.807, 2.05) is 66.7 Å². The van der Waals surface area contributed by atoms with Crippen molar-refractivity contribution in [1.29, 1.82) is 0 Å². The molecule has 1 aliphatic heterocycles. The Labute approximate surface area is 298 Å². The number of azide groups is 1. The van der Waals surface area contributed by atoms with Crippen LogP contribution in [0, 0.1) is 0 Å². The number of rotatable bonds is 12. The minimum Gasteiger partial charge on any atom is -0.478 e. The molecule has 1 saturated heterocycles. The van der Waals surface area contributed by atoms with Gasteiger partial charge in [-0.2, -0.15) is 14.3 Å². The van der Waals surface area contributed by atoms with Gasteiger partial charge in [-0.15, -0.1) is 0 Å². The lowest BCUT2D eigenvalue weighted by molar-refractivity contribution is 0.0696. The number of hydrogen-bond donors (Lipinski definition) is 2. The van der Waals surface area contributed by atoms with Gasteiger partial charge in [0.1, 0.15) is 5.82 Å². The highest BCUT2D eigenvalue weighted by atomic mass is 35.5. The van der Waals surface area contributed by atoms with Gasteiger partial charge in [0.15, 0.2) is 0 Å². The van der Waals surface area contributed by atoms with Crippen LogP contribution in [0.2, 0.25) is 10.0 Å². The van der Waals surface area contributed by atoms with Crippen LogP contribution >= 0.6 is 23.2 Å². The Morgan fingerprint density at radius 1 is 0.940 bits per heavy atom. The fraction of sp³-hybridized carbons (Fsp3) is 0.229. The number of piperidine rings is 1. The van der Waals surface area contributed by atoms with Crippen molar-refractivity contribution in [2.75, 3.05) is 31.6 Å². The fourth-order valence-corrected chi connectivity index (χ4v) is 7.66. The van der Waals surface area contributed by atoms with Gasteiger partial charge in [-0.05, 0) is 95.7 Å². The van der Waals surface area contributed by atoms with Crippen molar-refractivity contribution in [2.24, 2.45) is 5.11 Å². The molecule has 6 rings (SSSR count). The van der Waals surface area contributed by atoms with Gasteiger partial charge in [-0.3, -0.25) is 0 Å². The van der Waals surface area contributed by atoms with E-state index in [1.165, 1.54) is 28.6 Å². The van der Waals surface area contributed by atoms with Crippen LogP contribution in [0.5, 0.6) is 6.01 Å². The summed E-state index contributed by atoms with van der Waals surface area (Å²) in [4.78, 5) is 23.4. The second-order valence-electron chi connectivity index (χ2n) is 11.6. The first-order valence-corrected chi connectivity index (χ1v) is 17.9. The Hall–Kier alpha value is -4.91. The first-order chi connectivity index (χ1) is 24.1. The van der Waals surface area contributed by atoms with Crippen molar-refractivity contribution in [3.8, 4) is 6.01 Å². The van der Waals surface area contributed by atoms with Gasteiger partial charge < -0.3 is 15.2 Å². The lowest BCUT2D eigenvalue weighted by Gasteiger charge is -2.32. The van der Waals surface area contributed by atoms with Crippen LogP contribution in [0.3, 0.4) is 0 Å². The standard InChI is InChI=1S/C35H31Cl2N7O5S/c36-26-8-1-22(2-9-26)32(23-3-10-27(37)11-4-23)25-7-14-31-30(21-25)33(42-35(41-31)49-20-17-39-43-38)40-28-15-18-44(19-16-28)50(47,48)29-12-5-24(6-13-29)34(45)46/h1-14,21,28,32H,15-20H2,(H,45,46)(H,40,41,42). The number of hydrogen-bond acceptors (Lipinski definition) is 8. The molecule has 12 nitrogen and oxygen atoms in total. The third kappa shape index (κ3) is 7.93. The molecule has 0 saturated carbocycles. The minimum absolute atomic E-state index is 0.0147. The molecule has 5 aromatic rings. The van der Waals surface area contributed by atoms with Gasteiger partial charge in [0, 0.05) is 45.4 Å². The highest BCUT2D eigenvalue weighted by Crippen LogP contribution is 2.36. The molecule has 0 radical (unpaired) electrons. The van der Waals surface area contributed by atoms with E-state index in [0.717, 1.165) is 22.1 Å². The zero-order valence-electron chi connectivity index (χ0n) is 26.5. The summed E-state index contributed by atoms with van der Waals surface area (Å²) in [5.41, 5.74) is 12.3. The number of carbonyl (C=O) groups is 1. The Morgan fingerprint density at radius 2 is 1.54 bits per heavy atom. The predicted octanol–water partition coefficient (Wildman–Crippen LogP) is 7.77. The molecule has 2 heterocycles.